The Morgan fingerprint density at radius 3 is 0.851 bits per heavy atom. The second-order valence-electron chi connectivity index (χ2n) is 19.3. The van der Waals surface area contributed by atoms with E-state index in [1.807, 2.05) is 0 Å². The number of rotatable bonds is 53. The van der Waals surface area contributed by atoms with Crippen molar-refractivity contribution < 1.29 is 24.2 Å². The molecule has 5 nitrogen and oxygen atoms in total. The smallest absolute Gasteiger partial charge is 0.306 e. The van der Waals surface area contributed by atoms with Crippen LogP contribution in [0.3, 0.4) is 0 Å². The summed E-state index contributed by atoms with van der Waals surface area (Å²) in [6.45, 7) is 3.87. The predicted octanol–water partition coefficient (Wildman–Crippen LogP) is 20.7. The summed E-state index contributed by atoms with van der Waals surface area (Å²) in [5.74, 6) is -0.666. The van der Waals surface area contributed by atoms with Crippen molar-refractivity contribution in [1.29, 1.82) is 0 Å². The highest BCUT2D eigenvalue weighted by atomic mass is 16.6. The Bertz CT molecular complexity index is 1620. The molecule has 5 heteroatoms. The summed E-state index contributed by atoms with van der Waals surface area (Å²) in [6, 6.07) is 0. The van der Waals surface area contributed by atoms with E-state index in [4.69, 9.17) is 9.47 Å². The normalized spacial score (nSPS) is 13.4. The minimum atomic E-state index is -0.815. The van der Waals surface area contributed by atoms with Gasteiger partial charge in [-0.2, -0.15) is 0 Å². The third-order valence-electron chi connectivity index (χ3n) is 12.3. The van der Waals surface area contributed by atoms with Gasteiger partial charge in [-0.25, -0.2) is 0 Å². The van der Waals surface area contributed by atoms with E-state index >= 15 is 0 Å². The summed E-state index contributed by atoms with van der Waals surface area (Å²) in [7, 11) is 0. The number of carbonyl (C=O) groups is 2. The van der Waals surface area contributed by atoms with Crippen LogP contribution in [0.5, 0.6) is 0 Å². The first kappa shape index (κ1) is 69.5. The van der Waals surface area contributed by atoms with Crippen LogP contribution in [0, 0.1) is 0 Å². The van der Waals surface area contributed by atoms with E-state index in [1.54, 1.807) is 0 Å². The van der Waals surface area contributed by atoms with Crippen LogP contribution in [0.2, 0.25) is 0 Å². The molecule has 0 aromatic rings. The second-order valence-corrected chi connectivity index (χ2v) is 19.3. The molecule has 74 heavy (non-hydrogen) atoms. The van der Waals surface area contributed by atoms with Gasteiger partial charge < -0.3 is 14.6 Å². The van der Waals surface area contributed by atoms with E-state index in [0.717, 1.165) is 109 Å². The molecule has 0 aromatic heterocycles. The highest BCUT2D eigenvalue weighted by molar-refractivity contribution is 5.70. The van der Waals surface area contributed by atoms with E-state index in [-0.39, 0.29) is 31.6 Å². The molecule has 0 aliphatic carbocycles. The zero-order valence-electron chi connectivity index (χ0n) is 47.5. The molecule has 0 heterocycles. The third kappa shape index (κ3) is 60.1. The van der Waals surface area contributed by atoms with Crippen LogP contribution in [0.15, 0.2) is 158 Å². The number of unbranched alkanes of at least 4 members (excludes halogenated alkanes) is 19. The van der Waals surface area contributed by atoms with Crippen molar-refractivity contribution in [2.45, 2.75) is 251 Å². The molecule has 0 amide bonds. The highest BCUT2D eigenvalue weighted by Gasteiger charge is 2.16. The van der Waals surface area contributed by atoms with E-state index in [2.05, 4.69) is 172 Å². The number of carbonyl (C=O) groups excluding carboxylic acids is 2. The second kappa shape index (κ2) is 62.8. The monoisotopic (exact) mass is 1020 g/mol. The van der Waals surface area contributed by atoms with Crippen molar-refractivity contribution in [2.75, 3.05) is 13.2 Å². The molecule has 0 aliphatic rings. The number of esters is 2. The van der Waals surface area contributed by atoms with E-state index < -0.39 is 6.10 Å². The quantitative estimate of drug-likeness (QED) is 0.0373. The lowest BCUT2D eigenvalue weighted by molar-refractivity contribution is -0.161. The SMILES string of the molecule is CC/C=C\C/C=C\C/C=C\C/C=C\C/C=C\C/C=C\C/C=C\C/C=C\C/C=C\CCCC(=O)OC(CO)COC(=O)CCCCCCCCCCCCCCCCCCCC/C=C\C/C=C\C/C=C\C/C=C\CC. The minimum Gasteiger partial charge on any atom is -0.462 e. The first-order valence-corrected chi connectivity index (χ1v) is 30.0. The van der Waals surface area contributed by atoms with Crippen LogP contribution in [-0.2, 0) is 19.1 Å². The molecular formula is C69H110O5. The van der Waals surface area contributed by atoms with Crippen LogP contribution in [-0.4, -0.2) is 36.4 Å². The average Bonchev–Trinajstić information content (AvgIpc) is 3.40. The Morgan fingerprint density at radius 1 is 0.311 bits per heavy atom. The molecule has 1 unspecified atom stereocenters. The molecule has 0 radical (unpaired) electrons. The first-order valence-electron chi connectivity index (χ1n) is 30.0. The number of aliphatic hydroxyl groups excluding tert-OH is 1. The maximum atomic E-state index is 12.3. The van der Waals surface area contributed by atoms with Crippen LogP contribution >= 0.6 is 0 Å². The third-order valence-corrected chi connectivity index (χ3v) is 12.3. The molecule has 1 atom stereocenters. The zero-order chi connectivity index (χ0) is 53.4. The van der Waals surface area contributed by atoms with Crippen LogP contribution < -0.4 is 0 Å². The lowest BCUT2D eigenvalue weighted by atomic mass is 10.0. The average molecular weight is 1020 g/mol. The summed E-state index contributed by atoms with van der Waals surface area (Å²) in [5.41, 5.74) is 0. The van der Waals surface area contributed by atoms with Gasteiger partial charge in [0, 0.05) is 12.8 Å². The topological polar surface area (TPSA) is 72.8 Å². The fourth-order valence-electron chi connectivity index (χ4n) is 7.90. The Kier molecular flexibility index (Phi) is 59.0. The van der Waals surface area contributed by atoms with Gasteiger partial charge in [0.15, 0.2) is 6.10 Å². The molecule has 0 saturated heterocycles. The Hall–Kier alpha value is -4.48. The van der Waals surface area contributed by atoms with Crippen molar-refractivity contribution in [1.82, 2.24) is 0 Å². The van der Waals surface area contributed by atoms with Gasteiger partial charge in [0.2, 0.25) is 0 Å². The van der Waals surface area contributed by atoms with E-state index in [0.29, 0.717) is 12.8 Å². The molecule has 0 rings (SSSR count). The molecule has 0 aromatic carbocycles. The summed E-state index contributed by atoms with van der Waals surface area (Å²) in [4.78, 5) is 24.5. The van der Waals surface area contributed by atoms with E-state index in [9.17, 15) is 14.7 Å². The number of aliphatic hydroxyl groups is 1. The van der Waals surface area contributed by atoms with Crippen molar-refractivity contribution >= 4 is 11.9 Å². The number of ether oxygens (including phenoxy) is 2. The maximum Gasteiger partial charge on any atom is 0.306 e. The largest absolute Gasteiger partial charge is 0.462 e. The van der Waals surface area contributed by atoms with Gasteiger partial charge in [-0.15, -0.1) is 0 Å². The fourth-order valence-corrected chi connectivity index (χ4v) is 7.90. The van der Waals surface area contributed by atoms with Crippen LogP contribution in [0.1, 0.15) is 245 Å². The van der Waals surface area contributed by atoms with Gasteiger partial charge in [0.05, 0.1) is 6.61 Å². The Balaban J connectivity index is 3.61. The summed E-state index contributed by atoms with van der Waals surface area (Å²) < 4.78 is 10.7. The van der Waals surface area contributed by atoms with E-state index in [1.165, 1.54) is 103 Å². The van der Waals surface area contributed by atoms with Gasteiger partial charge >= 0.3 is 11.9 Å². The number of hydrogen-bond acceptors (Lipinski definition) is 5. The lowest BCUT2D eigenvalue weighted by Crippen LogP contribution is -2.28. The van der Waals surface area contributed by atoms with Gasteiger partial charge in [0.25, 0.3) is 0 Å². The summed E-state index contributed by atoms with van der Waals surface area (Å²) in [6.07, 6.45) is 96.6. The van der Waals surface area contributed by atoms with Crippen molar-refractivity contribution in [3.8, 4) is 0 Å². The van der Waals surface area contributed by atoms with Crippen LogP contribution in [0.25, 0.3) is 0 Å². The minimum absolute atomic E-state index is 0.0976. The van der Waals surface area contributed by atoms with Gasteiger partial charge in [-0.05, 0) is 116 Å². The number of allylic oxidation sites excluding steroid dienone is 26. The number of hydrogen-bond donors (Lipinski definition) is 1. The van der Waals surface area contributed by atoms with Gasteiger partial charge in [-0.1, -0.05) is 275 Å². The molecule has 416 valence electrons. The molecular weight excluding hydrogens is 909 g/mol. The summed E-state index contributed by atoms with van der Waals surface area (Å²) >= 11 is 0. The fraction of sp³-hybridized carbons (Fsp3) is 0.594. The molecule has 0 bridgehead atoms. The Morgan fingerprint density at radius 2 is 0.554 bits per heavy atom. The zero-order valence-corrected chi connectivity index (χ0v) is 47.5. The van der Waals surface area contributed by atoms with Gasteiger partial charge in [-0.3, -0.25) is 9.59 Å². The van der Waals surface area contributed by atoms with Crippen LogP contribution in [0.4, 0.5) is 0 Å². The maximum absolute atomic E-state index is 12.3. The van der Waals surface area contributed by atoms with Crippen molar-refractivity contribution in [2.24, 2.45) is 0 Å². The Labute approximate surface area is 456 Å². The molecule has 0 saturated carbocycles. The molecule has 1 N–H and O–H groups in total. The first-order chi connectivity index (χ1) is 36.6. The highest BCUT2D eigenvalue weighted by Crippen LogP contribution is 2.16. The lowest BCUT2D eigenvalue weighted by Gasteiger charge is -2.15. The molecule has 0 fully saturated rings. The predicted molar refractivity (Wildman–Crippen MR) is 324 cm³/mol. The van der Waals surface area contributed by atoms with Crippen molar-refractivity contribution in [3.05, 3.63) is 158 Å². The van der Waals surface area contributed by atoms with Crippen molar-refractivity contribution in [3.63, 3.8) is 0 Å². The van der Waals surface area contributed by atoms with Gasteiger partial charge in [0.1, 0.15) is 6.61 Å². The molecule has 0 spiro atoms. The summed E-state index contributed by atoms with van der Waals surface area (Å²) in [5, 5.41) is 9.66. The standard InChI is InChI=1S/C69H110O5/c1-3-5-7-9-11-13-15-17-19-21-23-25-27-29-31-33-34-36-37-39-41-43-45-47-49-51-53-55-57-59-61-63-68(71)73-66-67(65-70)74-69(72)64-62-60-58-56-54-52-50-48-46-44-42-40-38-35-32-30-28-26-24-22-20-18-16-14-12-10-8-6-4-2/h5-8,11-14,17-20,23-26,30,32,38,40,44,46,50,52,56,58,67,70H,3-4,9-10,15-16,21-22,27-29,31,33-37,39,41-43,45,47-49,51,53-55,57,59-66H2,1-2H3/b7-5-,8-6-,13-11-,14-12-,19-17-,20-18-,25-23-,26-24-,32-30-,40-38-,46-44-,52-50-,58-56-. The molecule has 0 aliphatic heterocycles.